The molecule has 4 rings (SSSR count). The van der Waals surface area contributed by atoms with Gasteiger partial charge in [-0.2, -0.15) is 0 Å². The van der Waals surface area contributed by atoms with Crippen molar-refractivity contribution >= 4 is 11.4 Å². The lowest BCUT2D eigenvalue weighted by atomic mass is 10.1. The van der Waals surface area contributed by atoms with Gasteiger partial charge < -0.3 is 15.0 Å². The normalized spacial score (nSPS) is 17.0. The van der Waals surface area contributed by atoms with E-state index in [4.69, 9.17) is 9.72 Å². The van der Waals surface area contributed by atoms with Crippen molar-refractivity contribution in [2.75, 3.05) is 30.9 Å². The second-order valence-corrected chi connectivity index (χ2v) is 9.07. The lowest BCUT2D eigenvalue weighted by Gasteiger charge is -2.25. The Morgan fingerprint density at radius 2 is 1.91 bits per heavy atom. The molecule has 180 valence electrons. The van der Waals surface area contributed by atoms with E-state index in [1.807, 2.05) is 27.9 Å². The highest BCUT2D eigenvalue weighted by Gasteiger charge is 2.34. The molecule has 34 heavy (non-hydrogen) atoms. The molecule has 0 saturated carbocycles. The second-order valence-electron chi connectivity index (χ2n) is 9.07. The average molecular weight is 461 g/mol. The zero-order valence-electron chi connectivity index (χ0n) is 21.2. The number of fused-ring (bicyclic) bond motifs is 1. The zero-order chi connectivity index (χ0) is 24.4. The van der Waals surface area contributed by atoms with Crippen molar-refractivity contribution in [1.82, 2.24) is 9.55 Å². The quantitative estimate of drug-likeness (QED) is 0.514. The van der Waals surface area contributed by atoms with Crippen LogP contribution in [0.2, 0.25) is 0 Å². The van der Waals surface area contributed by atoms with Gasteiger partial charge in [0.25, 0.3) is 5.56 Å². The molecule has 0 saturated heterocycles. The molecule has 3 aromatic rings. The van der Waals surface area contributed by atoms with Gasteiger partial charge in [-0.05, 0) is 62.1 Å². The number of anilines is 2. The lowest BCUT2D eigenvalue weighted by molar-refractivity contribution is 0.0574. The fraction of sp³-hybridized carbons (Fsp3) is 0.429. The van der Waals surface area contributed by atoms with Crippen LogP contribution >= 0.6 is 0 Å². The van der Waals surface area contributed by atoms with E-state index in [0.717, 1.165) is 34.8 Å². The summed E-state index contributed by atoms with van der Waals surface area (Å²) in [6, 6.07) is 14.6. The van der Waals surface area contributed by atoms with E-state index in [-0.39, 0.29) is 17.7 Å². The molecule has 0 bridgehead atoms. The highest BCUT2D eigenvalue weighted by atomic mass is 16.5. The van der Waals surface area contributed by atoms with Crippen LogP contribution in [0.25, 0.3) is 11.4 Å². The molecule has 0 radical (unpaired) electrons. The van der Waals surface area contributed by atoms with Crippen molar-refractivity contribution in [3.8, 4) is 11.4 Å². The molecule has 6 heteroatoms. The molecule has 2 aromatic carbocycles. The maximum absolute atomic E-state index is 13.8. The van der Waals surface area contributed by atoms with Gasteiger partial charge in [0, 0.05) is 44.9 Å². The summed E-state index contributed by atoms with van der Waals surface area (Å²) in [4.78, 5) is 21.0. The maximum atomic E-state index is 13.8. The standard InChI is InChI=1S/C28H36N4O2/c1-7-23-26(30-25-22-13-11-10-12-19(22)17-24(25)34-9-3)28(33)32(8-2)27(29-23)21-15-14-20(31(5)6)16-18(21)4/h10-16,24-25,30H,7-9,17H2,1-6H3. The Morgan fingerprint density at radius 3 is 2.56 bits per heavy atom. The number of rotatable bonds is 8. The summed E-state index contributed by atoms with van der Waals surface area (Å²) < 4.78 is 7.87. The molecule has 0 fully saturated rings. The molecule has 2 unspecified atom stereocenters. The fourth-order valence-corrected chi connectivity index (χ4v) is 4.93. The summed E-state index contributed by atoms with van der Waals surface area (Å²) in [5.41, 5.74) is 7.04. The predicted molar refractivity (Wildman–Crippen MR) is 140 cm³/mol. The van der Waals surface area contributed by atoms with Gasteiger partial charge in [-0.15, -0.1) is 0 Å². The first-order chi connectivity index (χ1) is 16.4. The van der Waals surface area contributed by atoms with Crippen LogP contribution in [-0.2, 0) is 24.1 Å². The Balaban J connectivity index is 1.81. The molecule has 1 aliphatic carbocycles. The Labute approximate surface area is 202 Å². The van der Waals surface area contributed by atoms with Gasteiger partial charge in [0.05, 0.1) is 17.8 Å². The maximum Gasteiger partial charge on any atom is 0.277 e. The average Bonchev–Trinajstić information content (AvgIpc) is 3.17. The number of hydrogen-bond acceptors (Lipinski definition) is 5. The van der Waals surface area contributed by atoms with E-state index < -0.39 is 0 Å². The highest BCUT2D eigenvalue weighted by Crippen LogP contribution is 2.36. The minimum Gasteiger partial charge on any atom is -0.378 e. The minimum absolute atomic E-state index is 0.0120. The van der Waals surface area contributed by atoms with Gasteiger partial charge in [-0.3, -0.25) is 9.36 Å². The SMILES string of the molecule is CCOC1Cc2ccccc2C1Nc1c(CC)nc(-c2ccc(N(C)C)cc2C)n(CC)c1=O. The number of hydrogen-bond donors (Lipinski definition) is 1. The molecule has 0 amide bonds. The molecule has 6 nitrogen and oxygen atoms in total. The number of nitrogens with one attached hydrogen (secondary N) is 1. The topological polar surface area (TPSA) is 59.4 Å². The van der Waals surface area contributed by atoms with E-state index in [2.05, 4.69) is 66.5 Å². The van der Waals surface area contributed by atoms with Crippen LogP contribution in [0.3, 0.4) is 0 Å². The van der Waals surface area contributed by atoms with Crippen LogP contribution in [0.5, 0.6) is 0 Å². The van der Waals surface area contributed by atoms with Crippen LogP contribution in [0.4, 0.5) is 11.4 Å². The molecule has 0 spiro atoms. The van der Waals surface area contributed by atoms with Crippen LogP contribution in [-0.4, -0.2) is 36.4 Å². The first-order valence-electron chi connectivity index (χ1n) is 12.3. The summed E-state index contributed by atoms with van der Waals surface area (Å²) in [6.45, 7) is 9.33. The van der Waals surface area contributed by atoms with Crippen molar-refractivity contribution in [1.29, 1.82) is 0 Å². The van der Waals surface area contributed by atoms with Gasteiger partial charge in [-0.25, -0.2) is 4.98 Å². The number of aromatic nitrogens is 2. The lowest BCUT2D eigenvalue weighted by Crippen LogP contribution is -2.32. The second kappa shape index (κ2) is 10.0. The number of benzene rings is 2. The van der Waals surface area contributed by atoms with E-state index >= 15 is 0 Å². The van der Waals surface area contributed by atoms with Crippen molar-refractivity contribution in [3.63, 3.8) is 0 Å². The Kier molecular flexibility index (Phi) is 7.08. The van der Waals surface area contributed by atoms with E-state index in [1.165, 1.54) is 11.1 Å². The van der Waals surface area contributed by atoms with E-state index in [1.54, 1.807) is 4.57 Å². The van der Waals surface area contributed by atoms with Crippen molar-refractivity contribution < 1.29 is 4.74 Å². The van der Waals surface area contributed by atoms with E-state index in [9.17, 15) is 4.79 Å². The Hall–Kier alpha value is -3.12. The largest absolute Gasteiger partial charge is 0.378 e. The first kappa shape index (κ1) is 24.0. The third-order valence-corrected chi connectivity index (χ3v) is 6.73. The van der Waals surface area contributed by atoms with Crippen LogP contribution < -0.4 is 15.8 Å². The Morgan fingerprint density at radius 1 is 1.15 bits per heavy atom. The highest BCUT2D eigenvalue weighted by molar-refractivity contribution is 5.67. The fourth-order valence-electron chi connectivity index (χ4n) is 4.93. The van der Waals surface area contributed by atoms with Gasteiger partial charge in [-0.1, -0.05) is 31.2 Å². The summed E-state index contributed by atoms with van der Waals surface area (Å²) in [6.07, 6.45) is 1.49. The molecule has 1 aromatic heterocycles. The molecule has 1 aliphatic rings. The van der Waals surface area contributed by atoms with Gasteiger partial charge in [0.15, 0.2) is 0 Å². The van der Waals surface area contributed by atoms with Gasteiger partial charge in [0.1, 0.15) is 11.5 Å². The summed E-state index contributed by atoms with van der Waals surface area (Å²) in [5.74, 6) is 0.728. The predicted octanol–water partition coefficient (Wildman–Crippen LogP) is 4.98. The van der Waals surface area contributed by atoms with Crippen molar-refractivity contribution in [2.24, 2.45) is 0 Å². The minimum atomic E-state index is -0.0757. The monoisotopic (exact) mass is 460 g/mol. The van der Waals surface area contributed by atoms with Crippen LogP contribution in [0, 0.1) is 6.92 Å². The summed E-state index contributed by atoms with van der Waals surface area (Å²) in [5, 5.41) is 3.58. The van der Waals surface area contributed by atoms with Crippen molar-refractivity contribution in [3.05, 3.63) is 75.2 Å². The molecular weight excluding hydrogens is 424 g/mol. The first-order valence-corrected chi connectivity index (χ1v) is 12.3. The number of nitrogens with zero attached hydrogens (tertiary/aromatic N) is 3. The smallest absolute Gasteiger partial charge is 0.277 e. The number of ether oxygens (including phenoxy) is 1. The van der Waals surface area contributed by atoms with Crippen molar-refractivity contribution in [2.45, 2.75) is 59.2 Å². The van der Waals surface area contributed by atoms with Crippen LogP contribution in [0.1, 0.15) is 49.2 Å². The summed E-state index contributed by atoms with van der Waals surface area (Å²) in [7, 11) is 4.06. The molecule has 1 N–H and O–H groups in total. The third-order valence-electron chi connectivity index (χ3n) is 6.73. The summed E-state index contributed by atoms with van der Waals surface area (Å²) >= 11 is 0. The Bertz CT molecular complexity index is 1230. The number of aryl methyl sites for hydroxylation is 2. The molecular formula is C28H36N4O2. The van der Waals surface area contributed by atoms with E-state index in [0.29, 0.717) is 25.3 Å². The van der Waals surface area contributed by atoms with Crippen LogP contribution in [0.15, 0.2) is 47.3 Å². The third kappa shape index (κ3) is 4.34. The van der Waals surface area contributed by atoms with Gasteiger partial charge in [0.2, 0.25) is 0 Å². The molecule has 1 heterocycles. The molecule has 0 aliphatic heterocycles. The zero-order valence-corrected chi connectivity index (χ0v) is 21.2. The molecule has 2 atom stereocenters. The van der Waals surface area contributed by atoms with Gasteiger partial charge >= 0.3 is 0 Å².